The highest BCUT2D eigenvalue weighted by Crippen LogP contribution is 2.11. The predicted molar refractivity (Wildman–Crippen MR) is 79.4 cm³/mol. The Morgan fingerprint density at radius 3 is 2.74 bits per heavy atom. The monoisotopic (exact) mass is 263 g/mol. The molecule has 1 aromatic rings. The number of unbranched alkanes of at least 4 members (excludes halogenated alkanes) is 1. The van der Waals surface area contributed by atoms with Crippen molar-refractivity contribution in [3.05, 3.63) is 24.0 Å². The van der Waals surface area contributed by atoms with Crippen LogP contribution in [0.15, 0.2) is 18.3 Å². The van der Waals surface area contributed by atoms with E-state index in [1.165, 1.54) is 17.7 Å². The number of rotatable bonds is 7. The van der Waals surface area contributed by atoms with E-state index in [-0.39, 0.29) is 5.91 Å². The number of nitrogens with one attached hydrogen (secondary N) is 1. The number of carbonyl (C=O) groups is 1. The number of hydrogen-bond acceptors (Lipinski definition) is 3. The molecule has 106 valence electrons. The average molecular weight is 263 g/mol. The smallest absolute Gasteiger partial charge is 0.272 e. The predicted octanol–water partition coefficient (Wildman–Crippen LogP) is 3.02. The Morgan fingerprint density at radius 1 is 1.37 bits per heavy atom. The van der Waals surface area contributed by atoms with E-state index in [0.29, 0.717) is 5.69 Å². The van der Waals surface area contributed by atoms with Gasteiger partial charge in [0.05, 0.1) is 0 Å². The minimum atomic E-state index is -0.0662. The van der Waals surface area contributed by atoms with Crippen molar-refractivity contribution < 1.29 is 4.79 Å². The summed E-state index contributed by atoms with van der Waals surface area (Å²) in [6.07, 6.45) is 5.33. The van der Waals surface area contributed by atoms with Gasteiger partial charge in [0.1, 0.15) is 5.69 Å². The maximum Gasteiger partial charge on any atom is 0.272 e. The average Bonchev–Trinajstić information content (AvgIpc) is 2.37. The second-order valence-electron chi connectivity index (χ2n) is 5.45. The zero-order chi connectivity index (χ0) is 14.3. The van der Waals surface area contributed by atoms with Crippen LogP contribution in [0.25, 0.3) is 0 Å². The summed E-state index contributed by atoms with van der Waals surface area (Å²) in [4.78, 5) is 17.4. The molecule has 1 aromatic heterocycles. The molecule has 1 N–H and O–H groups in total. The lowest BCUT2D eigenvalue weighted by Gasteiger charge is -2.11. The summed E-state index contributed by atoms with van der Waals surface area (Å²) in [5.74, 6) is 0.702. The third kappa shape index (κ3) is 5.73. The molecule has 0 saturated carbocycles. The fourth-order valence-corrected chi connectivity index (χ4v) is 1.80. The lowest BCUT2D eigenvalue weighted by Crippen LogP contribution is -2.22. The minimum Gasteiger partial charge on any atom is -0.385 e. The molecule has 0 aliphatic carbocycles. The first-order chi connectivity index (χ1) is 9.00. The van der Waals surface area contributed by atoms with Gasteiger partial charge in [-0.1, -0.05) is 26.7 Å². The van der Waals surface area contributed by atoms with Gasteiger partial charge >= 0.3 is 0 Å². The Balaban J connectivity index is 2.42. The van der Waals surface area contributed by atoms with E-state index in [2.05, 4.69) is 24.1 Å². The highest BCUT2D eigenvalue weighted by molar-refractivity contribution is 5.92. The molecule has 0 unspecified atom stereocenters. The topological polar surface area (TPSA) is 45.2 Å². The summed E-state index contributed by atoms with van der Waals surface area (Å²) in [6.45, 7) is 5.43. The summed E-state index contributed by atoms with van der Waals surface area (Å²) < 4.78 is 0. The lowest BCUT2D eigenvalue weighted by molar-refractivity contribution is 0.0822. The fraction of sp³-hybridized carbons (Fsp3) is 0.600. The van der Waals surface area contributed by atoms with Crippen molar-refractivity contribution in [2.24, 2.45) is 5.92 Å². The Kier molecular flexibility index (Phi) is 6.33. The molecule has 0 atom stereocenters. The Bertz CT molecular complexity index is 402. The Morgan fingerprint density at radius 2 is 2.11 bits per heavy atom. The largest absolute Gasteiger partial charge is 0.385 e. The third-order valence-corrected chi connectivity index (χ3v) is 2.92. The molecule has 1 heterocycles. The molecule has 0 aliphatic rings. The van der Waals surface area contributed by atoms with Gasteiger partial charge in [-0.05, 0) is 24.5 Å². The molecule has 0 bridgehead atoms. The van der Waals surface area contributed by atoms with E-state index < -0.39 is 0 Å². The normalized spacial score (nSPS) is 10.6. The quantitative estimate of drug-likeness (QED) is 0.769. The lowest BCUT2D eigenvalue weighted by atomic mass is 10.1. The van der Waals surface area contributed by atoms with Crippen molar-refractivity contribution in [1.82, 2.24) is 9.88 Å². The number of hydrogen-bond donors (Lipinski definition) is 1. The number of amides is 1. The minimum absolute atomic E-state index is 0.0662. The van der Waals surface area contributed by atoms with E-state index in [4.69, 9.17) is 0 Å². The van der Waals surface area contributed by atoms with E-state index in [0.717, 1.165) is 24.6 Å². The van der Waals surface area contributed by atoms with Crippen molar-refractivity contribution >= 4 is 11.6 Å². The van der Waals surface area contributed by atoms with Gasteiger partial charge in [-0.3, -0.25) is 9.78 Å². The van der Waals surface area contributed by atoms with Crippen LogP contribution in [0.5, 0.6) is 0 Å². The summed E-state index contributed by atoms with van der Waals surface area (Å²) in [5.41, 5.74) is 1.45. The molecular formula is C15H25N3O. The van der Waals surface area contributed by atoms with Gasteiger partial charge in [0.2, 0.25) is 0 Å². The van der Waals surface area contributed by atoms with Gasteiger partial charge < -0.3 is 10.2 Å². The molecule has 4 nitrogen and oxygen atoms in total. The summed E-state index contributed by atoms with van der Waals surface area (Å²) in [5, 5.41) is 3.34. The first-order valence-corrected chi connectivity index (χ1v) is 6.92. The van der Waals surface area contributed by atoms with Crippen molar-refractivity contribution in [2.75, 3.05) is 26.0 Å². The molecule has 1 amide bonds. The standard InChI is InChI=1S/C15H25N3O/c1-12(2)7-5-6-9-16-13-8-10-17-14(11-13)15(19)18(3)4/h8,10-12H,5-7,9H2,1-4H3,(H,16,17). The first-order valence-electron chi connectivity index (χ1n) is 6.92. The fourth-order valence-electron chi connectivity index (χ4n) is 1.80. The van der Waals surface area contributed by atoms with Crippen LogP contribution >= 0.6 is 0 Å². The number of pyridine rings is 1. The zero-order valence-electron chi connectivity index (χ0n) is 12.4. The van der Waals surface area contributed by atoms with Gasteiger partial charge in [0, 0.05) is 32.5 Å². The van der Waals surface area contributed by atoms with Crippen LogP contribution in [0.4, 0.5) is 5.69 Å². The van der Waals surface area contributed by atoms with Crippen LogP contribution in [0.2, 0.25) is 0 Å². The number of anilines is 1. The van der Waals surface area contributed by atoms with Crippen LogP contribution in [-0.2, 0) is 0 Å². The molecule has 19 heavy (non-hydrogen) atoms. The molecule has 0 radical (unpaired) electrons. The van der Waals surface area contributed by atoms with Gasteiger partial charge in [0.15, 0.2) is 0 Å². The van der Waals surface area contributed by atoms with Crippen LogP contribution in [0.3, 0.4) is 0 Å². The van der Waals surface area contributed by atoms with Crippen LogP contribution in [0, 0.1) is 5.92 Å². The Labute approximate surface area is 116 Å². The highest BCUT2D eigenvalue weighted by atomic mass is 16.2. The van der Waals surface area contributed by atoms with E-state index in [1.54, 1.807) is 20.3 Å². The van der Waals surface area contributed by atoms with E-state index >= 15 is 0 Å². The maximum atomic E-state index is 11.8. The van der Waals surface area contributed by atoms with Crippen LogP contribution in [-0.4, -0.2) is 36.4 Å². The van der Waals surface area contributed by atoms with Crippen LogP contribution < -0.4 is 5.32 Å². The van der Waals surface area contributed by atoms with Gasteiger partial charge in [-0.25, -0.2) is 0 Å². The number of aromatic nitrogens is 1. The van der Waals surface area contributed by atoms with Gasteiger partial charge in [-0.15, -0.1) is 0 Å². The molecule has 0 aliphatic heterocycles. The second-order valence-corrected chi connectivity index (χ2v) is 5.45. The number of carbonyl (C=O) groups excluding carboxylic acids is 1. The summed E-state index contributed by atoms with van der Waals surface area (Å²) in [6, 6.07) is 3.71. The van der Waals surface area contributed by atoms with Gasteiger partial charge in [0.25, 0.3) is 5.91 Å². The second kappa shape index (κ2) is 7.77. The molecule has 0 spiro atoms. The van der Waals surface area contributed by atoms with E-state index in [1.807, 2.05) is 12.1 Å². The molecule has 0 saturated heterocycles. The highest BCUT2D eigenvalue weighted by Gasteiger charge is 2.09. The van der Waals surface area contributed by atoms with Gasteiger partial charge in [-0.2, -0.15) is 0 Å². The number of nitrogens with zero attached hydrogens (tertiary/aromatic N) is 2. The van der Waals surface area contributed by atoms with E-state index in [9.17, 15) is 4.79 Å². The summed E-state index contributed by atoms with van der Waals surface area (Å²) in [7, 11) is 3.46. The van der Waals surface area contributed by atoms with Crippen molar-refractivity contribution in [3.8, 4) is 0 Å². The molecule has 0 fully saturated rings. The maximum absolute atomic E-state index is 11.8. The van der Waals surface area contributed by atoms with Crippen LogP contribution in [0.1, 0.15) is 43.6 Å². The third-order valence-electron chi connectivity index (χ3n) is 2.92. The molecule has 0 aromatic carbocycles. The molecule has 4 heteroatoms. The first kappa shape index (κ1) is 15.5. The zero-order valence-corrected chi connectivity index (χ0v) is 12.4. The van der Waals surface area contributed by atoms with Crippen molar-refractivity contribution in [1.29, 1.82) is 0 Å². The molecular weight excluding hydrogens is 238 g/mol. The Hall–Kier alpha value is -1.58. The van der Waals surface area contributed by atoms with Crippen molar-refractivity contribution in [3.63, 3.8) is 0 Å². The summed E-state index contributed by atoms with van der Waals surface area (Å²) >= 11 is 0. The van der Waals surface area contributed by atoms with Crippen molar-refractivity contribution in [2.45, 2.75) is 33.1 Å². The molecule has 1 rings (SSSR count). The SMILES string of the molecule is CC(C)CCCCNc1ccnc(C(=O)N(C)C)c1.